The number of hydrogen-bond acceptors (Lipinski definition) is 4. The molecule has 0 aliphatic carbocycles. The van der Waals surface area contributed by atoms with Gasteiger partial charge in [0.15, 0.2) is 0 Å². The number of benzene rings is 1. The van der Waals surface area contributed by atoms with Crippen LogP contribution in [0.1, 0.15) is 0 Å². The molecule has 0 amide bonds. The standard InChI is InChI=1S/C6H6B2Cl2O4/c9-5-3(7(11)12)1-2-4(6(5)10)8(13)14/h1-2,11-14H. The molecule has 0 aliphatic rings. The second-order valence-corrected chi connectivity index (χ2v) is 3.38. The highest BCUT2D eigenvalue weighted by Crippen LogP contribution is 2.17. The Labute approximate surface area is 91.0 Å². The number of halogens is 2. The van der Waals surface area contributed by atoms with Crippen LogP contribution in [0.15, 0.2) is 12.1 Å². The molecule has 0 radical (unpaired) electrons. The van der Waals surface area contributed by atoms with Crippen LogP contribution in [0.25, 0.3) is 0 Å². The molecule has 0 aromatic heterocycles. The summed E-state index contributed by atoms with van der Waals surface area (Å²) < 4.78 is 0. The predicted octanol–water partition coefficient (Wildman–Crippen LogP) is -1.65. The Bertz CT molecular complexity index is 312. The minimum absolute atomic E-state index is 0.0149. The van der Waals surface area contributed by atoms with Crippen molar-refractivity contribution in [3.63, 3.8) is 0 Å². The Morgan fingerprint density at radius 3 is 1.29 bits per heavy atom. The van der Waals surface area contributed by atoms with Gasteiger partial charge in [0.25, 0.3) is 0 Å². The lowest BCUT2D eigenvalue weighted by molar-refractivity contribution is 0.423. The van der Waals surface area contributed by atoms with E-state index in [9.17, 15) is 0 Å². The van der Waals surface area contributed by atoms with Crippen LogP contribution < -0.4 is 10.9 Å². The van der Waals surface area contributed by atoms with Gasteiger partial charge in [0.05, 0.1) is 10.0 Å². The van der Waals surface area contributed by atoms with Gasteiger partial charge in [0.1, 0.15) is 0 Å². The second kappa shape index (κ2) is 4.53. The third kappa shape index (κ3) is 2.23. The van der Waals surface area contributed by atoms with Crippen LogP contribution in [0.5, 0.6) is 0 Å². The van der Waals surface area contributed by atoms with Crippen LogP contribution in [-0.4, -0.2) is 34.3 Å². The van der Waals surface area contributed by atoms with Crippen molar-refractivity contribution < 1.29 is 20.1 Å². The topological polar surface area (TPSA) is 80.9 Å². The van der Waals surface area contributed by atoms with Crippen LogP contribution in [-0.2, 0) is 0 Å². The summed E-state index contributed by atoms with van der Waals surface area (Å²) in [5.41, 5.74) is 0.0298. The van der Waals surface area contributed by atoms with Crippen molar-refractivity contribution in [3.8, 4) is 0 Å². The molecule has 0 saturated carbocycles. The molecule has 14 heavy (non-hydrogen) atoms. The van der Waals surface area contributed by atoms with Gasteiger partial charge in [0, 0.05) is 10.9 Å². The minimum atomic E-state index is -1.75. The molecule has 0 heterocycles. The first kappa shape index (κ1) is 11.8. The first-order chi connectivity index (χ1) is 6.45. The van der Waals surface area contributed by atoms with Gasteiger partial charge in [-0.3, -0.25) is 0 Å². The van der Waals surface area contributed by atoms with Crippen LogP contribution in [0, 0.1) is 0 Å². The van der Waals surface area contributed by atoms with E-state index in [0.717, 1.165) is 0 Å². The van der Waals surface area contributed by atoms with Crippen molar-refractivity contribution in [2.45, 2.75) is 0 Å². The summed E-state index contributed by atoms with van der Waals surface area (Å²) in [6, 6.07) is 2.52. The Kier molecular flexibility index (Phi) is 3.83. The van der Waals surface area contributed by atoms with E-state index in [-0.39, 0.29) is 21.0 Å². The van der Waals surface area contributed by atoms with Gasteiger partial charge in [-0.05, 0) is 0 Å². The molecule has 1 rings (SSSR count). The molecule has 0 saturated heterocycles. The van der Waals surface area contributed by atoms with Gasteiger partial charge in [-0.1, -0.05) is 35.3 Å². The SMILES string of the molecule is OB(O)c1ccc(B(O)O)c(Cl)c1Cl. The Morgan fingerprint density at radius 2 is 1.07 bits per heavy atom. The third-order valence-electron chi connectivity index (χ3n) is 1.70. The van der Waals surface area contributed by atoms with E-state index in [4.69, 9.17) is 43.3 Å². The molecule has 4 N–H and O–H groups in total. The number of hydrogen-bond donors (Lipinski definition) is 4. The monoisotopic (exact) mass is 234 g/mol. The van der Waals surface area contributed by atoms with E-state index < -0.39 is 14.2 Å². The first-order valence-corrected chi connectivity index (χ1v) is 4.40. The Morgan fingerprint density at radius 1 is 0.786 bits per heavy atom. The fourth-order valence-electron chi connectivity index (χ4n) is 0.978. The zero-order valence-electron chi connectivity index (χ0n) is 6.85. The predicted molar refractivity (Wildman–Crippen MR) is 56.1 cm³/mol. The molecular weight excluding hydrogens is 229 g/mol. The van der Waals surface area contributed by atoms with Gasteiger partial charge in [-0.2, -0.15) is 0 Å². The highest BCUT2D eigenvalue weighted by molar-refractivity contribution is 6.68. The molecule has 0 atom stereocenters. The van der Waals surface area contributed by atoms with Crippen LogP contribution in [0.2, 0.25) is 10.0 Å². The van der Waals surface area contributed by atoms with Crippen molar-refractivity contribution in [1.29, 1.82) is 0 Å². The maximum atomic E-state index is 8.85. The fraction of sp³-hybridized carbons (Fsp3) is 0. The molecule has 0 aliphatic heterocycles. The molecule has 0 bridgehead atoms. The highest BCUT2D eigenvalue weighted by atomic mass is 35.5. The zero-order chi connectivity index (χ0) is 10.9. The molecule has 0 unspecified atom stereocenters. The normalized spacial score (nSPS) is 10.1. The van der Waals surface area contributed by atoms with E-state index in [1.807, 2.05) is 0 Å². The van der Waals surface area contributed by atoms with Crippen LogP contribution in [0.3, 0.4) is 0 Å². The van der Waals surface area contributed by atoms with Gasteiger partial charge in [0.2, 0.25) is 0 Å². The summed E-state index contributed by atoms with van der Waals surface area (Å²) in [5.74, 6) is 0. The molecule has 0 spiro atoms. The van der Waals surface area contributed by atoms with Gasteiger partial charge < -0.3 is 20.1 Å². The summed E-state index contributed by atoms with van der Waals surface area (Å²) in [5, 5.41) is 35.2. The average molecular weight is 235 g/mol. The average Bonchev–Trinajstić information content (AvgIpc) is 2.08. The van der Waals surface area contributed by atoms with Gasteiger partial charge in [-0.25, -0.2) is 0 Å². The van der Waals surface area contributed by atoms with Crippen molar-refractivity contribution in [1.82, 2.24) is 0 Å². The quantitative estimate of drug-likeness (QED) is 0.463. The fourth-order valence-corrected chi connectivity index (χ4v) is 1.52. The lowest BCUT2D eigenvalue weighted by Gasteiger charge is -2.08. The molecule has 0 fully saturated rings. The summed E-state index contributed by atoms with van der Waals surface area (Å²) in [6.45, 7) is 0. The lowest BCUT2D eigenvalue weighted by Crippen LogP contribution is -2.37. The molecule has 1 aromatic rings. The van der Waals surface area contributed by atoms with E-state index >= 15 is 0 Å². The molecule has 1 aromatic carbocycles. The van der Waals surface area contributed by atoms with E-state index in [1.165, 1.54) is 12.1 Å². The van der Waals surface area contributed by atoms with Gasteiger partial charge in [-0.15, -0.1) is 0 Å². The zero-order valence-corrected chi connectivity index (χ0v) is 8.37. The largest absolute Gasteiger partial charge is 0.490 e. The van der Waals surface area contributed by atoms with E-state index in [0.29, 0.717) is 0 Å². The summed E-state index contributed by atoms with van der Waals surface area (Å²) in [4.78, 5) is 0. The van der Waals surface area contributed by atoms with Crippen LogP contribution in [0.4, 0.5) is 0 Å². The van der Waals surface area contributed by atoms with E-state index in [1.54, 1.807) is 0 Å². The highest BCUT2D eigenvalue weighted by Gasteiger charge is 2.23. The van der Waals surface area contributed by atoms with Crippen LogP contribution >= 0.6 is 23.2 Å². The summed E-state index contributed by atoms with van der Waals surface area (Å²) in [6.07, 6.45) is 0. The Hall–Kier alpha value is -0.230. The summed E-state index contributed by atoms with van der Waals surface area (Å²) >= 11 is 11.3. The summed E-state index contributed by atoms with van der Waals surface area (Å²) in [7, 11) is -3.49. The molecule has 4 nitrogen and oxygen atoms in total. The van der Waals surface area contributed by atoms with Gasteiger partial charge >= 0.3 is 14.2 Å². The first-order valence-electron chi connectivity index (χ1n) is 3.65. The van der Waals surface area contributed by atoms with Crippen molar-refractivity contribution >= 4 is 48.4 Å². The third-order valence-corrected chi connectivity index (χ3v) is 2.61. The maximum absolute atomic E-state index is 8.85. The van der Waals surface area contributed by atoms with E-state index in [2.05, 4.69) is 0 Å². The smallest absolute Gasteiger partial charge is 0.423 e. The number of rotatable bonds is 2. The lowest BCUT2D eigenvalue weighted by atomic mass is 9.74. The Balaban J connectivity index is 3.26. The van der Waals surface area contributed by atoms with Crippen molar-refractivity contribution in [2.24, 2.45) is 0 Å². The molecule has 8 heteroatoms. The maximum Gasteiger partial charge on any atom is 0.490 e. The second-order valence-electron chi connectivity index (χ2n) is 2.62. The molecular formula is C6H6B2Cl2O4. The van der Waals surface area contributed by atoms with Crippen molar-refractivity contribution in [2.75, 3.05) is 0 Å². The van der Waals surface area contributed by atoms with Crippen molar-refractivity contribution in [3.05, 3.63) is 22.2 Å². The minimum Gasteiger partial charge on any atom is -0.423 e. The molecule has 74 valence electrons.